The van der Waals surface area contributed by atoms with Crippen molar-refractivity contribution in [1.29, 1.82) is 0 Å². The standard InChI is InChI=1S/C12H15ClN2O3/c1-3-4-5-9(12(17)18)14-11(16)10-6-8(13)7-15(10)2/h3-4,6-7,9H,5H2,1-2H3,(H,14,16)(H,17,18)/b4-3+. The summed E-state index contributed by atoms with van der Waals surface area (Å²) < 4.78 is 1.55. The van der Waals surface area contributed by atoms with Crippen LogP contribution in [0.15, 0.2) is 24.4 Å². The zero-order valence-corrected chi connectivity index (χ0v) is 10.9. The quantitative estimate of drug-likeness (QED) is 0.802. The number of hydrogen-bond donors (Lipinski definition) is 2. The highest BCUT2D eigenvalue weighted by molar-refractivity contribution is 6.31. The summed E-state index contributed by atoms with van der Waals surface area (Å²) in [5.41, 5.74) is 0.326. The first-order valence-electron chi connectivity index (χ1n) is 5.42. The average Bonchev–Trinajstić information content (AvgIpc) is 2.63. The summed E-state index contributed by atoms with van der Waals surface area (Å²) in [6.45, 7) is 1.79. The lowest BCUT2D eigenvalue weighted by atomic mass is 10.2. The van der Waals surface area contributed by atoms with Gasteiger partial charge >= 0.3 is 5.97 Å². The number of aromatic nitrogens is 1. The maximum absolute atomic E-state index is 11.9. The lowest BCUT2D eigenvalue weighted by Gasteiger charge is -2.12. The number of aryl methyl sites for hydroxylation is 1. The van der Waals surface area contributed by atoms with E-state index in [0.717, 1.165) is 0 Å². The zero-order valence-electron chi connectivity index (χ0n) is 10.2. The number of amides is 1. The van der Waals surface area contributed by atoms with Crippen LogP contribution in [0.1, 0.15) is 23.8 Å². The molecule has 1 heterocycles. The van der Waals surface area contributed by atoms with Crippen LogP contribution in [0, 0.1) is 0 Å². The first-order valence-corrected chi connectivity index (χ1v) is 5.80. The minimum atomic E-state index is -1.07. The molecule has 1 amide bonds. The molecular weight excluding hydrogens is 256 g/mol. The topological polar surface area (TPSA) is 71.3 Å². The Morgan fingerprint density at radius 1 is 1.61 bits per heavy atom. The van der Waals surface area contributed by atoms with Crippen molar-refractivity contribution < 1.29 is 14.7 Å². The fourth-order valence-corrected chi connectivity index (χ4v) is 1.73. The van der Waals surface area contributed by atoms with Gasteiger partial charge in [0.05, 0.1) is 5.02 Å². The van der Waals surface area contributed by atoms with Crippen molar-refractivity contribution in [2.75, 3.05) is 0 Å². The van der Waals surface area contributed by atoms with Crippen LogP contribution in [0.3, 0.4) is 0 Å². The number of nitrogens with one attached hydrogen (secondary N) is 1. The number of aliphatic carboxylic acids is 1. The van der Waals surface area contributed by atoms with Gasteiger partial charge in [-0.2, -0.15) is 0 Å². The number of rotatable bonds is 5. The normalized spacial score (nSPS) is 12.6. The molecule has 2 N–H and O–H groups in total. The van der Waals surface area contributed by atoms with Gasteiger partial charge in [0.15, 0.2) is 0 Å². The van der Waals surface area contributed by atoms with Gasteiger partial charge in [-0.15, -0.1) is 0 Å². The second kappa shape index (κ2) is 6.26. The van der Waals surface area contributed by atoms with Crippen molar-refractivity contribution in [3.05, 3.63) is 35.1 Å². The van der Waals surface area contributed by atoms with Gasteiger partial charge in [-0.25, -0.2) is 4.79 Å². The van der Waals surface area contributed by atoms with Crippen LogP contribution in [0.5, 0.6) is 0 Å². The van der Waals surface area contributed by atoms with E-state index in [1.54, 1.807) is 36.9 Å². The number of hydrogen-bond acceptors (Lipinski definition) is 2. The maximum Gasteiger partial charge on any atom is 0.326 e. The van der Waals surface area contributed by atoms with Gasteiger partial charge in [0.2, 0.25) is 0 Å². The van der Waals surface area contributed by atoms with Crippen LogP contribution < -0.4 is 5.32 Å². The van der Waals surface area contributed by atoms with E-state index in [-0.39, 0.29) is 6.42 Å². The SMILES string of the molecule is C/C=C/CC(NC(=O)c1cc(Cl)cn1C)C(=O)O. The van der Waals surface area contributed by atoms with Crippen molar-refractivity contribution >= 4 is 23.5 Å². The van der Waals surface area contributed by atoms with E-state index in [0.29, 0.717) is 10.7 Å². The Balaban J connectivity index is 2.78. The number of carboxylic acids is 1. The molecule has 0 bridgehead atoms. The highest BCUT2D eigenvalue weighted by atomic mass is 35.5. The van der Waals surface area contributed by atoms with E-state index in [4.69, 9.17) is 16.7 Å². The van der Waals surface area contributed by atoms with Crippen molar-refractivity contribution in [3.8, 4) is 0 Å². The van der Waals surface area contributed by atoms with Crippen LogP contribution in [-0.4, -0.2) is 27.6 Å². The molecule has 6 heteroatoms. The molecule has 0 radical (unpaired) electrons. The molecule has 0 aliphatic rings. The Kier molecular flexibility index (Phi) is 4.97. The van der Waals surface area contributed by atoms with Gasteiger partial charge in [-0.05, 0) is 19.4 Å². The zero-order chi connectivity index (χ0) is 13.7. The van der Waals surface area contributed by atoms with Gasteiger partial charge in [0, 0.05) is 13.2 Å². The minimum absolute atomic E-state index is 0.246. The second-order valence-electron chi connectivity index (χ2n) is 3.82. The van der Waals surface area contributed by atoms with E-state index in [2.05, 4.69) is 5.32 Å². The van der Waals surface area contributed by atoms with E-state index in [1.165, 1.54) is 6.07 Å². The van der Waals surface area contributed by atoms with Crippen LogP contribution in [0.2, 0.25) is 5.02 Å². The monoisotopic (exact) mass is 270 g/mol. The molecule has 18 heavy (non-hydrogen) atoms. The first-order chi connectivity index (χ1) is 8.45. The lowest BCUT2D eigenvalue weighted by molar-refractivity contribution is -0.139. The highest BCUT2D eigenvalue weighted by Crippen LogP contribution is 2.12. The molecule has 0 spiro atoms. The van der Waals surface area contributed by atoms with Gasteiger partial charge in [-0.3, -0.25) is 4.79 Å². The molecule has 0 saturated heterocycles. The summed E-state index contributed by atoms with van der Waals surface area (Å²) in [7, 11) is 1.67. The van der Waals surface area contributed by atoms with Crippen LogP contribution in [-0.2, 0) is 11.8 Å². The summed E-state index contributed by atoms with van der Waals surface area (Å²) in [6, 6.07) is 0.549. The van der Waals surface area contributed by atoms with Crippen LogP contribution in [0.4, 0.5) is 0 Å². The highest BCUT2D eigenvalue weighted by Gasteiger charge is 2.20. The van der Waals surface area contributed by atoms with Crippen molar-refractivity contribution in [2.24, 2.45) is 7.05 Å². The molecular formula is C12H15ClN2O3. The van der Waals surface area contributed by atoms with E-state index < -0.39 is 17.9 Å². The first kappa shape index (κ1) is 14.3. The number of carbonyl (C=O) groups excluding carboxylic acids is 1. The molecule has 0 fully saturated rings. The number of halogens is 1. The molecule has 1 aromatic heterocycles. The average molecular weight is 271 g/mol. The Hall–Kier alpha value is -1.75. The smallest absolute Gasteiger partial charge is 0.326 e. The summed E-state index contributed by atoms with van der Waals surface area (Å²) in [5, 5.41) is 11.9. The molecule has 98 valence electrons. The minimum Gasteiger partial charge on any atom is -0.480 e. The predicted molar refractivity (Wildman–Crippen MR) is 68.7 cm³/mol. The molecule has 0 aliphatic carbocycles. The summed E-state index contributed by atoms with van der Waals surface area (Å²) in [5.74, 6) is -1.52. The van der Waals surface area contributed by atoms with Crippen molar-refractivity contribution in [2.45, 2.75) is 19.4 Å². The molecule has 0 aromatic carbocycles. The summed E-state index contributed by atoms with van der Waals surface area (Å²) >= 11 is 5.76. The van der Waals surface area contributed by atoms with Gasteiger partial charge in [0.25, 0.3) is 5.91 Å². The van der Waals surface area contributed by atoms with Gasteiger partial charge < -0.3 is 15.0 Å². The number of carbonyl (C=O) groups is 2. The third kappa shape index (κ3) is 3.63. The van der Waals surface area contributed by atoms with Crippen LogP contribution in [0.25, 0.3) is 0 Å². The third-order valence-corrected chi connectivity index (χ3v) is 2.62. The Bertz CT molecular complexity index is 480. The van der Waals surface area contributed by atoms with Gasteiger partial charge in [0.1, 0.15) is 11.7 Å². The Morgan fingerprint density at radius 2 is 2.28 bits per heavy atom. The number of nitrogens with zero attached hydrogens (tertiary/aromatic N) is 1. The fraction of sp³-hybridized carbons (Fsp3) is 0.333. The second-order valence-corrected chi connectivity index (χ2v) is 4.26. The summed E-state index contributed by atoms with van der Waals surface area (Å²) in [4.78, 5) is 22.9. The van der Waals surface area contributed by atoms with Crippen molar-refractivity contribution in [1.82, 2.24) is 9.88 Å². The number of carboxylic acid groups (broad SMARTS) is 1. The van der Waals surface area contributed by atoms with Crippen molar-refractivity contribution in [3.63, 3.8) is 0 Å². The molecule has 1 aromatic rings. The summed E-state index contributed by atoms with van der Waals surface area (Å²) in [6.07, 6.45) is 5.26. The van der Waals surface area contributed by atoms with E-state index in [9.17, 15) is 9.59 Å². The molecule has 1 atom stereocenters. The molecule has 5 nitrogen and oxygen atoms in total. The largest absolute Gasteiger partial charge is 0.480 e. The predicted octanol–water partition coefficient (Wildman–Crippen LogP) is 1.83. The molecule has 1 unspecified atom stereocenters. The molecule has 0 aliphatic heterocycles. The Morgan fingerprint density at radius 3 is 2.72 bits per heavy atom. The molecule has 1 rings (SSSR count). The lowest BCUT2D eigenvalue weighted by Crippen LogP contribution is -2.41. The Labute approximate surface area is 110 Å². The fourth-order valence-electron chi connectivity index (χ4n) is 1.48. The van der Waals surface area contributed by atoms with E-state index in [1.807, 2.05) is 0 Å². The van der Waals surface area contributed by atoms with E-state index >= 15 is 0 Å². The van der Waals surface area contributed by atoms with Gasteiger partial charge in [-0.1, -0.05) is 23.8 Å². The molecule has 0 saturated carbocycles. The maximum atomic E-state index is 11.9. The van der Waals surface area contributed by atoms with Crippen LogP contribution >= 0.6 is 11.6 Å². The third-order valence-electron chi connectivity index (χ3n) is 2.42. The number of allylic oxidation sites excluding steroid dienone is 1.